The van der Waals surface area contributed by atoms with Gasteiger partial charge in [0.05, 0.1) is 12.3 Å². The lowest BCUT2D eigenvalue weighted by Gasteiger charge is -2.13. The van der Waals surface area contributed by atoms with Crippen molar-refractivity contribution in [1.29, 1.82) is 0 Å². The lowest BCUT2D eigenvalue weighted by molar-refractivity contribution is -0.119. The van der Waals surface area contributed by atoms with Crippen molar-refractivity contribution in [2.24, 2.45) is 5.73 Å². The summed E-state index contributed by atoms with van der Waals surface area (Å²) in [5.41, 5.74) is 5.61. The van der Waals surface area contributed by atoms with Gasteiger partial charge in [-0.1, -0.05) is 37.9 Å². The van der Waals surface area contributed by atoms with Crippen molar-refractivity contribution >= 4 is 17.7 Å². The first kappa shape index (κ1) is 18.0. The first-order chi connectivity index (χ1) is 10.1. The number of rotatable bonds is 10. The Balaban J connectivity index is 2.37. The Hall–Kier alpha value is -1.08. The Kier molecular flexibility index (Phi) is 8.37. The Morgan fingerprint density at radius 3 is 2.76 bits per heavy atom. The minimum absolute atomic E-state index is 0.0453. The molecule has 0 radical (unpaired) electrons. The molecule has 6 nitrogen and oxygen atoms in total. The van der Waals surface area contributed by atoms with Crippen LogP contribution in [-0.2, 0) is 17.9 Å². The van der Waals surface area contributed by atoms with Crippen molar-refractivity contribution in [3.8, 4) is 0 Å². The molecule has 21 heavy (non-hydrogen) atoms. The van der Waals surface area contributed by atoms with Crippen molar-refractivity contribution < 1.29 is 4.79 Å². The zero-order valence-corrected chi connectivity index (χ0v) is 14.1. The molecule has 1 rings (SSSR count). The van der Waals surface area contributed by atoms with Crippen molar-refractivity contribution in [3.05, 3.63) is 5.82 Å². The highest BCUT2D eigenvalue weighted by Gasteiger charge is 2.13. The fraction of sp³-hybridized carbons (Fsp3) is 0.786. The second-order valence-electron chi connectivity index (χ2n) is 5.10. The highest BCUT2D eigenvalue weighted by molar-refractivity contribution is 7.99. The second kappa shape index (κ2) is 9.78. The van der Waals surface area contributed by atoms with Crippen LogP contribution >= 0.6 is 11.8 Å². The Labute approximate surface area is 131 Å². The third-order valence-electron chi connectivity index (χ3n) is 3.27. The molecule has 120 valence electrons. The molecule has 1 unspecified atom stereocenters. The van der Waals surface area contributed by atoms with Crippen molar-refractivity contribution in [2.75, 3.05) is 5.75 Å². The largest absolute Gasteiger partial charge is 0.353 e. The highest BCUT2D eigenvalue weighted by Crippen LogP contribution is 2.16. The van der Waals surface area contributed by atoms with Gasteiger partial charge in [0.2, 0.25) is 5.91 Å². The molecule has 3 N–H and O–H groups in total. The normalized spacial score (nSPS) is 12.4. The van der Waals surface area contributed by atoms with Gasteiger partial charge in [-0.05, 0) is 20.3 Å². The van der Waals surface area contributed by atoms with Crippen LogP contribution in [0.25, 0.3) is 0 Å². The molecule has 0 saturated carbocycles. The van der Waals surface area contributed by atoms with Gasteiger partial charge < -0.3 is 15.6 Å². The molecular formula is C14H27N5OS. The van der Waals surface area contributed by atoms with E-state index in [-0.39, 0.29) is 11.9 Å². The molecule has 0 aromatic carbocycles. The third-order valence-corrected chi connectivity index (χ3v) is 4.24. The van der Waals surface area contributed by atoms with E-state index in [1.165, 1.54) is 24.6 Å². The lowest BCUT2D eigenvalue weighted by atomic mass is 10.1. The van der Waals surface area contributed by atoms with Gasteiger partial charge in [0, 0.05) is 12.6 Å². The van der Waals surface area contributed by atoms with Crippen LogP contribution in [0.3, 0.4) is 0 Å². The van der Waals surface area contributed by atoms with Crippen molar-refractivity contribution in [1.82, 2.24) is 20.1 Å². The predicted molar refractivity (Wildman–Crippen MR) is 86.1 cm³/mol. The van der Waals surface area contributed by atoms with E-state index < -0.39 is 0 Å². The number of nitrogens with zero attached hydrogens (tertiary/aromatic N) is 3. The minimum Gasteiger partial charge on any atom is -0.353 e. The second-order valence-corrected chi connectivity index (χ2v) is 6.04. The van der Waals surface area contributed by atoms with Crippen LogP contribution in [0.5, 0.6) is 0 Å². The summed E-state index contributed by atoms with van der Waals surface area (Å²) >= 11 is 1.41. The van der Waals surface area contributed by atoms with E-state index in [1.807, 2.05) is 11.5 Å². The van der Waals surface area contributed by atoms with E-state index in [9.17, 15) is 4.79 Å². The summed E-state index contributed by atoms with van der Waals surface area (Å²) in [6.07, 6.45) is 4.62. The number of thioether (sulfide) groups is 1. The average molecular weight is 313 g/mol. The summed E-state index contributed by atoms with van der Waals surface area (Å²) in [6.45, 7) is 7.38. The lowest BCUT2D eigenvalue weighted by Crippen LogP contribution is -2.33. The van der Waals surface area contributed by atoms with E-state index >= 15 is 0 Å². The van der Waals surface area contributed by atoms with E-state index in [0.29, 0.717) is 12.3 Å². The molecule has 7 heteroatoms. The summed E-state index contributed by atoms with van der Waals surface area (Å²) in [4.78, 5) is 11.9. The highest BCUT2D eigenvalue weighted by atomic mass is 32.2. The van der Waals surface area contributed by atoms with Crippen LogP contribution in [0.15, 0.2) is 5.16 Å². The van der Waals surface area contributed by atoms with E-state index in [0.717, 1.165) is 30.4 Å². The molecule has 0 saturated heterocycles. The molecule has 0 aliphatic heterocycles. The van der Waals surface area contributed by atoms with Crippen LogP contribution < -0.4 is 11.1 Å². The van der Waals surface area contributed by atoms with Gasteiger partial charge in [-0.3, -0.25) is 4.79 Å². The number of nitrogens with two attached hydrogens (primary N) is 1. The van der Waals surface area contributed by atoms with Gasteiger partial charge in [0.1, 0.15) is 5.82 Å². The summed E-state index contributed by atoms with van der Waals surface area (Å²) in [5, 5.41) is 11.9. The van der Waals surface area contributed by atoms with Gasteiger partial charge in [-0.15, -0.1) is 10.2 Å². The maximum absolute atomic E-state index is 11.9. The predicted octanol–water partition coefficient (Wildman–Crippen LogP) is 1.93. The SMILES string of the molecule is CCCCCC(C)NC(=O)CSc1nnc(CN)n1CC. The minimum atomic E-state index is 0.0453. The monoisotopic (exact) mass is 313 g/mol. The fourth-order valence-electron chi connectivity index (χ4n) is 2.11. The first-order valence-corrected chi connectivity index (χ1v) is 8.65. The van der Waals surface area contributed by atoms with Gasteiger partial charge in [0.25, 0.3) is 0 Å². The topological polar surface area (TPSA) is 85.8 Å². The van der Waals surface area contributed by atoms with Crippen LogP contribution in [0.2, 0.25) is 0 Å². The molecule has 0 aliphatic rings. The summed E-state index contributed by atoms with van der Waals surface area (Å²) in [6, 6.07) is 0.230. The molecule has 0 bridgehead atoms. The van der Waals surface area contributed by atoms with E-state index in [4.69, 9.17) is 5.73 Å². The van der Waals surface area contributed by atoms with Crippen molar-refractivity contribution in [3.63, 3.8) is 0 Å². The zero-order chi connectivity index (χ0) is 15.7. The number of carbonyl (C=O) groups is 1. The van der Waals surface area contributed by atoms with Gasteiger partial charge in [0.15, 0.2) is 5.16 Å². The molecule has 1 heterocycles. The molecule has 0 spiro atoms. The molecule has 1 atom stereocenters. The number of aromatic nitrogens is 3. The summed E-state index contributed by atoms with van der Waals surface area (Å²) in [7, 11) is 0. The number of unbranched alkanes of at least 4 members (excludes halogenated alkanes) is 2. The van der Waals surface area contributed by atoms with Crippen LogP contribution in [0, 0.1) is 0 Å². The molecule has 0 fully saturated rings. The number of nitrogens with one attached hydrogen (secondary N) is 1. The maximum atomic E-state index is 11.9. The first-order valence-electron chi connectivity index (χ1n) is 7.66. The summed E-state index contributed by atoms with van der Waals surface area (Å²) < 4.78 is 1.95. The van der Waals surface area contributed by atoms with Gasteiger partial charge in [-0.2, -0.15) is 0 Å². The van der Waals surface area contributed by atoms with Crippen LogP contribution in [0.1, 0.15) is 52.3 Å². The Morgan fingerprint density at radius 2 is 2.14 bits per heavy atom. The fourth-order valence-corrected chi connectivity index (χ4v) is 2.95. The number of hydrogen-bond acceptors (Lipinski definition) is 5. The number of hydrogen-bond donors (Lipinski definition) is 2. The third kappa shape index (κ3) is 6.05. The maximum Gasteiger partial charge on any atom is 0.230 e. The zero-order valence-electron chi connectivity index (χ0n) is 13.3. The Bertz CT molecular complexity index is 435. The van der Waals surface area contributed by atoms with E-state index in [1.54, 1.807) is 0 Å². The molecule has 1 aromatic rings. The molecule has 1 amide bonds. The van der Waals surface area contributed by atoms with Crippen molar-refractivity contribution in [2.45, 2.75) is 70.7 Å². The van der Waals surface area contributed by atoms with Gasteiger partial charge >= 0.3 is 0 Å². The molecule has 0 aliphatic carbocycles. The van der Waals surface area contributed by atoms with E-state index in [2.05, 4.69) is 29.4 Å². The molecular weight excluding hydrogens is 286 g/mol. The smallest absolute Gasteiger partial charge is 0.230 e. The molecule has 1 aromatic heterocycles. The quantitative estimate of drug-likeness (QED) is 0.509. The van der Waals surface area contributed by atoms with Crippen LogP contribution in [-0.4, -0.2) is 32.5 Å². The average Bonchev–Trinajstić information content (AvgIpc) is 2.87. The van der Waals surface area contributed by atoms with Gasteiger partial charge in [-0.25, -0.2) is 0 Å². The van der Waals surface area contributed by atoms with Crippen LogP contribution in [0.4, 0.5) is 0 Å². The Morgan fingerprint density at radius 1 is 1.38 bits per heavy atom. The number of amides is 1. The summed E-state index contributed by atoms with van der Waals surface area (Å²) in [5.74, 6) is 1.16. The number of carbonyl (C=O) groups excluding carboxylic acids is 1. The standard InChI is InChI=1S/C14H27N5OS/c1-4-6-7-8-11(3)16-13(20)10-21-14-18-17-12(9-15)19(14)5-2/h11H,4-10,15H2,1-3H3,(H,16,20).